The molecule has 4 heteroatoms. The fraction of sp³-hybridized carbons (Fsp3) is 0.400. The van der Waals surface area contributed by atoms with E-state index in [1.54, 1.807) is 0 Å². The molecule has 1 aliphatic heterocycles. The van der Waals surface area contributed by atoms with Crippen molar-refractivity contribution in [2.24, 2.45) is 0 Å². The summed E-state index contributed by atoms with van der Waals surface area (Å²) in [4.78, 5) is 0. The molecule has 1 nitrogen and oxygen atoms in total. The fourth-order valence-electron chi connectivity index (χ4n) is 3.45. The number of benzene rings is 2. The molecule has 0 amide bonds. The van der Waals surface area contributed by atoms with Gasteiger partial charge in [0.25, 0.3) is 0 Å². The van der Waals surface area contributed by atoms with Crippen LogP contribution < -0.4 is 0 Å². The van der Waals surface area contributed by atoms with Crippen LogP contribution in [0.3, 0.4) is 0 Å². The van der Waals surface area contributed by atoms with E-state index in [0.717, 1.165) is 23.6 Å². The Balaban J connectivity index is 1.51. The van der Waals surface area contributed by atoms with Crippen LogP contribution in [-0.2, 0) is 13.1 Å². The van der Waals surface area contributed by atoms with E-state index >= 15 is 0 Å². The molecule has 2 aliphatic rings. The SMILES string of the molecule is c1ccc(CN(Cc2ccccc2)P2SC3CCCCC3S2)cc1. The number of hydrogen-bond donors (Lipinski definition) is 0. The number of rotatable bonds is 5. The van der Waals surface area contributed by atoms with Gasteiger partial charge in [0, 0.05) is 23.6 Å². The van der Waals surface area contributed by atoms with E-state index < -0.39 is 0 Å². The third-order valence-electron chi connectivity index (χ3n) is 4.74. The van der Waals surface area contributed by atoms with Crippen LogP contribution in [0.5, 0.6) is 0 Å². The molecule has 0 radical (unpaired) electrons. The van der Waals surface area contributed by atoms with Gasteiger partial charge in [-0.05, 0) is 24.0 Å². The minimum absolute atomic E-state index is 0.140. The van der Waals surface area contributed by atoms with Gasteiger partial charge in [0.2, 0.25) is 0 Å². The maximum Gasteiger partial charge on any atom is 0.0887 e. The zero-order chi connectivity index (χ0) is 16.2. The summed E-state index contributed by atoms with van der Waals surface area (Å²) in [6.45, 7) is 2.00. The maximum atomic E-state index is 2.74. The Hall–Kier alpha value is -0.470. The molecule has 1 saturated heterocycles. The molecule has 4 rings (SSSR count). The number of hydrogen-bond acceptors (Lipinski definition) is 3. The fourth-order valence-corrected chi connectivity index (χ4v) is 13.7. The van der Waals surface area contributed by atoms with Crippen molar-refractivity contribution in [3.05, 3.63) is 71.8 Å². The topological polar surface area (TPSA) is 3.24 Å². The van der Waals surface area contributed by atoms with Gasteiger partial charge < -0.3 is 0 Å². The van der Waals surface area contributed by atoms with Gasteiger partial charge in [-0.15, -0.1) is 22.8 Å². The van der Waals surface area contributed by atoms with Crippen LogP contribution in [0, 0.1) is 0 Å². The average molecular weight is 374 g/mol. The van der Waals surface area contributed by atoms with Crippen LogP contribution >= 0.6 is 29.2 Å². The third kappa shape index (κ3) is 4.19. The zero-order valence-electron chi connectivity index (χ0n) is 13.9. The Morgan fingerprint density at radius 1 is 0.750 bits per heavy atom. The molecule has 0 N–H and O–H groups in total. The van der Waals surface area contributed by atoms with Gasteiger partial charge in [-0.2, -0.15) is 0 Å². The van der Waals surface area contributed by atoms with Crippen LogP contribution in [0.2, 0.25) is 0 Å². The Morgan fingerprint density at radius 2 is 1.21 bits per heavy atom. The van der Waals surface area contributed by atoms with Gasteiger partial charge in [0.1, 0.15) is 0 Å². The molecule has 0 aromatic heterocycles. The summed E-state index contributed by atoms with van der Waals surface area (Å²) in [7, 11) is 0. The standard InChI is InChI=1S/C20H24NPS2/c1-3-9-17(10-4-1)15-21(16-18-11-5-2-6-12-18)22-23-19-13-7-8-14-20(19)24-22/h1-6,9-12,19-20H,7-8,13-16H2. The first-order valence-electron chi connectivity index (χ1n) is 8.85. The first kappa shape index (κ1) is 17.0. The molecular weight excluding hydrogens is 349 g/mol. The quantitative estimate of drug-likeness (QED) is 0.536. The highest BCUT2D eigenvalue weighted by Crippen LogP contribution is 2.75. The molecule has 2 atom stereocenters. The van der Waals surface area contributed by atoms with Crippen LogP contribution in [0.25, 0.3) is 0 Å². The van der Waals surface area contributed by atoms with Gasteiger partial charge in [-0.1, -0.05) is 73.5 Å². The highest BCUT2D eigenvalue weighted by Gasteiger charge is 2.40. The van der Waals surface area contributed by atoms with E-state index in [1.165, 1.54) is 36.8 Å². The highest BCUT2D eigenvalue weighted by molar-refractivity contribution is 8.89. The van der Waals surface area contributed by atoms with Crippen molar-refractivity contribution in [3.8, 4) is 0 Å². The van der Waals surface area contributed by atoms with Crippen LogP contribution in [0.15, 0.2) is 60.7 Å². The normalized spacial score (nSPS) is 26.5. The van der Waals surface area contributed by atoms with Crippen molar-refractivity contribution < 1.29 is 0 Å². The Morgan fingerprint density at radius 3 is 1.67 bits per heavy atom. The summed E-state index contributed by atoms with van der Waals surface area (Å²) in [6, 6.07) is 22.0. The van der Waals surface area contributed by atoms with Crippen LogP contribution in [0.4, 0.5) is 0 Å². The molecule has 2 fully saturated rings. The number of fused-ring (bicyclic) bond motifs is 1. The van der Waals surface area contributed by atoms with Gasteiger partial charge in [-0.3, -0.25) is 4.67 Å². The van der Waals surface area contributed by atoms with E-state index in [0.29, 0.717) is 0 Å². The van der Waals surface area contributed by atoms with Crippen molar-refractivity contribution >= 4 is 29.2 Å². The third-order valence-corrected chi connectivity index (χ3v) is 13.3. The zero-order valence-corrected chi connectivity index (χ0v) is 16.4. The van der Waals surface area contributed by atoms with Gasteiger partial charge >= 0.3 is 0 Å². The average Bonchev–Trinajstić information content (AvgIpc) is 3.07. The second kappa shape index (κ2) is 8.27. The molecule has 2 unspecified atom stereocenters. The Bertz CT molecular complexity index is 581. The monoisotopic (exact) mass is 373 g/mol. The molecule has 126 valence electrons. The summed E-state index contributed by atoms with van der Waals surface area (Å²) in [5.74, 6) is 0. The second-order valence-electron chi connectivity index (χ2n) is 6.60. The summed E-state index contributed by atoms with van der Waals surface area (Å²) < 4.78 is 2.74. The molecule has 0 spiro atoms. The van der Waals surface area contributed by atoms with Crippen molar-refractivity contribution in [2.75, 3.05) is 0 Å². The Labute approximate surface area is 154 Å². The Kier molecular flexibility index (Phi) is 5.85. The molecule has 1 heterocycles. The lowest BCUT2D eigenvalue weighted by Crippen LogP contribution is -2.19. The highest BCUT2D eigenvalue weighted by atomic mass is 33.1. The summed E-state index contributed by atoms with van der Waals surface area (Å²) in [5.41, 5.74) is 2.87. The van der Waals surface area contributed by atoms with Gasteiger partial charge in [-0.25, -0.2) is 0 Å². The van der Waals surface area contributed by atoms with Crippen molar-refractivity contribution in [1.29, 1.82) is 0 Å². The largest absolute Gasteiger partial charge is 0.257 e. The lowest BCUT2D eigenvalue weighted by Gasteiger charge is -2.27. The number of nitrogens with zero attached hydrogens (tertiary/aromatic N) is 1. The molecule has 0 bridgehead atoms. The maximum absolute atomic E-state index is 2.74. The second-order valence-corrected chi connectivity index (χ2v) is 13.3. The van der Waals surface area contributed by atoms with E-state index in [-0.39, 0.29) is 6.48 Å². The summed E-state index contributed by atoms with van der Waals surface area (Å²) in [6.07, 6.45) is 5.75. The lowest BCUT2D eigenvalue weighted by atomic mass is 10.00. The molecule has 24 heavy (non-hydrogen) atoms. The van der Waals surface area contributed by atoms with E-state index in [2.05, 4.69) is 88.1 Å². The van der Waals surface area contributed by atoms with Gasteiger partial charge in [0.15, 0.2) is 0 Å². The molecule has 2 aromatic carbocycles. The van der Waals surface area contributed by atoms with Crippen molar-refractivity contribution in [1.82, 2.24) is 4.67 Å². The van der Waals surface area contributed by atoms with E-state index in [4.69, 9.17) is 0 Å². The van der Waals surface area contributed by atoms with E-state index in [1.807, 2.05) is 0 Å². The van der Waals surface area contributed by atoms with E-state index in [9.17, 15) is 0 Å². The van der Waals surface area contributed by atoms with Crippen LogP contribution in [-0.4, -0.2) is 15.2 Å². The van der Waals surface area contributed by atoms with Crippen molar-refractivity contribution in [3.63, 3.8) is 0 Å². The smallest absolute Gasteiger partial charge is 0.0887 e. The first-order chi connectivity index (χ1) is 11.9. The molecular formula is C20H24NPS2. The minimum atomic E-state index is -0.140. The van der Waals surface area contributed by atoms with Gasteiger partial charge in [0.05, 0.1) is 6.48 Å². The molecule has 1 aliphatic carbocycles. The van der Waals surface area contributed by atoms with Crippen molar-refractivity contribution in [2.45, 2.75) is 49.3 Å². The summed E-state index contributed by atoms with van der Waals surface area (Å²) >= 11 is 4.59. The molecule has 1 saturated carbocycles. The molecule has 2 aromatic rings. The predicted octanol–water partition coefficient (Wildman–Crippen LogP) is 6.71. The van der Waals surface area contributed by atoms with Crippen LogP contribution in [0.1, 0.15) is 36.8 Å². The minimum Gasteiger partial charge on any atom is -0.257 e. The predicted molar refractivity (Wildman–Crippen MR) is 110 cm³/mol. The summed E-state index contributed by atoms with van der Waals surface area (Å²) in [5, 5.41) is 1.81. The lowest BCUT2D eigenvalue weighted by molar-refractivity contribution is 0.457. The first-order valence-corrected chi connectivity index (χ1v) is 13.1.